The van der Waals surface area contributed by atoms with Gasteiger partial charge in [0.15, 0.2) is 0 Å². The van der Waals surface area contributed by atoms with Crippen LogP contribution in [0.15, 0.2) is 0 Å². The predicted molar refractivity (Wildman–Crippen MR) is 60.2 cm³/mol. The average Bonchev–Trinajstić information content (AvgIpc) is 2.57. The Morgan fingerprint density at radius 2 is 1.79 bits per heavy atom. The Bertz CT molecular complexity index is 390. The van der Waals surface area contributed by atoms with Gasteiger partial charge in [-0.2, -0.15) is 13.2 Å². The molecule has 1 aliphatic rings. The van der Waals surface area contributed by atoms with Crippen LogP contribution in [0.4, 0.5) is 18.0 Å². The molecule has 0 radical (unpaired) electrons. The molecular formula is C11H17F3N2O3. The van der Waals surface area contributed by atoms with Gasteiger partial charge in [-0.1, -0.05) is 0 Å². The molecule has 1 aliphatic heterocycles. The van der Waals surface area contributed by atoms with E-state index >= 15 is 0 Å². The standard InChI is InChI=1S/C11H17F3N2O3/c1-9(2,3)19-8(18)16-6-4-5-10(16,7(15)17)11(12,13)14/h4-6H2,1-3H3,(H2,15,17). The second kappa shape index (κ2) is 4.57. The van der Waals surface area contributed by atoms with Gasteiger partial charge in [-0.15, -0.1) is 0 Å². The van der Waals surface area contributed by atoms with Gasteiger partial charge in [0, 0.05) is 6.54 Å². The monoisotopic (exact) mass is 282 g/mol. The van der Waals surface area contributed by atoms with E-state index in [0.717, 1.165) is 0 Å². The molecule has 0 aliphatic carbocycles. The van der Waals surface area contributed by atoms with Crippen molar-refractivity contribution < 1.29 is 27.5 Å². The number of hydrogen-bond donors (Lipinski definition) is 1. The van der Waals surface area contributed by atoms with E-state index in [2.05, 4.69) is 0 Å². The minimum Gasteiger partial charge on any atom is -0.444 e. The molecule has 0 saturated carbocycles. The first kappa shape index (κ1) is 15.6. The van der Waals surface area contributed by atoms with Gasteiger partial charge in [0.1, 0.15) is 5.60 Å². The molecule has 0 aromatic heterocycles. The Labute approximate surface area is 108 Å². The van der Waals surface area contributed by atoms with E-state index in [9.17, 15) is 22.8 Å². The van der Waals surface area contributed by atoms with Crippen LogP contribution in [0.2, 0.25) is 0 Å². The normalized spacial score (nSPS) is 24.4. The van der Waals surface area contributed by atoms with Gasteiger partial charge in [0.2, 0.25) is 5.54 Å². The van der Waals surface area contributed by atoms with Crippen LogP contribution < -0.4 is 5.73 Å². The minimum atomic E-state index is -4.92. The predicted octanol–water partition coefficient (Wildman–Crippen LogP) is 1.80. The molecule has 2 amide bonds. The van der Waals surface area contributed by atoms with Crippen molar-refractivity contribution in [3.63, 3.8) is 0 Å². The molecule has 0 aromatic rings. The smallest absolute Gasteiger partial charge is 0.420 e. The van der Waals surface area contributed by atoms with Gasteiger partial charge >= 0.3 is 12.3 Å². The highest BCUT2D eigenvalue weighted by Gasteiger charge is 2.66. The lowest BCUT2D eigenvalue weighted by molar-refractivity contribution is -0.216. The number of nitrogens with zero attached hydrogens (tertiary/aromatic N) is 1. The number of ether oxygens (including phenoxy) is 1. The third kappa shape index (κ3) is 2.76. The number of halogens is 3. The quantitative estimate of drug-likeness (QED) is 0.797. The van der Waals surface area contributed by atoms with Crippen LogP contribution in [-0.2, 0) is 9.53 Å². The fraction of sp³-hybridized carbons (Fsp3) is 0.818. The molecule has 8 heteroatoms. The number of rotatable bonds is 1. The number of nitrogens with two attached hydrogens (primary N) is 1. The maximum atomic E-state index is 13.2. The van der Waals surface area contributed by atoms with E-state index < -0.39 is 35.7 Å². The van der Waals surface area contributed by atoms with Crippen molar-refractivity contribution in [1.29, 1.82) is 0 Å². The third-order valence-corrected chi connectivity index (χ3v) is 2.87. The topological polar surface area (TPSA) is 72.6 Å². The molecule has 1 fully saturated rings. The summed E-state index contributed by atoms with van der Waals surface area (Å²) in [5, 5.41) is 0. The van der Waals surface area contributed by atoms with Crippen molar-refractivity contribution >= 4 is 12.0 Å². The van der Waals surface area contributed by atoms with Gasteiger partial charge in [0.25, 0.3) is 5.91 Å². The number of hydrogen-bond acceptors (Lipinski definition) is 3. The second-order valence-corrected chi connectivity index (χ2v) is 5.46. The highest BCUT2D eigenvalue weighted by molar-refractivity contribution is 5.90. The fourth-order valence-corrected chi connectivity index (χ4v) is 2.07. The molecule has 1 unspecified atom stereocenters. The second-order valence-electron chi connectivity index (χ2n) is 5.46. The van der Waals surface area contributed by atoms with E-state index in [1.807, 2.05) is 0 Å². The lowest BCUT2D eigenvalue weighted by Gasteiger charge is -2.37. The van der Waals surface area contributed by atoms with E-state index in [1.165, 1.54) is 20.8 Å². The molecule has 0 aromatic carbocycles. The summed E-state index contributed by atoms with van der Waals surface area (Å²) < 4.78 is 44.4. The van der Waals surface area contributed by atoms with E-state index in [0.29, 0.717) is 4.90 Å². The third-order valence-electron chi connectivity index (χ3n) is 2.87. The van der Waals surface area contributed by atoms with Crippen molar-refractivity contribution in [2.45, 2.75) is 50.9 Å². The fourth-order valence-electron chi connectivity index (χ4n) is 2.07. The summed E-state index contributed by atoms with van der Waals surface area (Å²) in [5.41, 5.74) is 0.990. The first-order valence-electron chi connectivity index (χ1n) is 5.79. The van der Waals surface area contributed by atoms with Gasteiger partial charge in [-0.25, -0.2) is 4.79 Å². The molecular weight excluding hydrogens is 265 g/mol. The Morgan fingerprint density at radius 1 is 1.26 bits per heavy atom. The van der Waals surface area contributed by atoms with Crippen molar-refractivity contribution in [3.05, 3.63) is 0 Å². The zero-order valence-electron chi connectivity index (χ0n) is 11.0. The maximum Gasteiger partial charge on any atom is 0.420 e. The van der Waals surface area contributed by atoms with Crippen LogP contribution in [-0.4, -0.2) is 40.8 Å². The first-order valence-corrected chi connectivity index (χ1v) is 5.79. The van der Waals surface area contributed by atoms with Crippen molar-refractivity contribution in [1.82, 2.24) is 4.90 Å². The highest BCUT2D eigenvalue weighted by atomic mass is 19.4. The summed E-state index contributed by atoms with van der Waals surface area (Å²) in [5.74, 6) is -1.58. The molecule has 1 saturated heterocycles. The Morgan fingerprint density at radius 3 is 2.16 bits per heavy atom. The zero-order valence-corrected chi connectivity index (χ0v) is 11.0. The Balaban J connectivity index is 3.12. The highest BCUT2D eigenvalue weighted by Crippen LogP contribution is 2.43. The molecule has 5 nitrogen and oxygen atoms in total. The number of alkyl halides is 3. The molecule has 1 heterocycles. The number of primary amides is 1. The van der Waals surface area contributed by atoms with Crippen molar-refractivity contribution in [3.8, 4) is 0 Å². The van der Waals surface area contributed by atoms with Crippen molar-refractivity contribution in [2.75, 3.05) is 6.54 Å². The van der Waals surface area contributed by atoms with Crippen LogP contribution >= 0.6 is 0 Å². The largest absolute Gasteiger partial charge is 0.444 e. The van der Waals surface area contributed by atoms with Crippen LogP contribution in [0.25, 0.3) is 0 Å². The molecule has 19 heavy (non-hydrogen) atoms. The lowest BCUT2D eigenvalue weighted by atomic mass is 9.94. The molecule has 1 rings (SSSR count). The van der Waals surface area contributed by atoms with Crippen LogP contribution in [0, 0.1) is 0 Å². The summed E-state index contributed by atoms with van der Waals surface area (Å²) in [6.07, 6.45) is -6.60. The lowest BCUT2D eigenvalue weighted by Crippen LogP contribution is -2.65. The van der Waals surface area contributed by atoms with Gasteiger partial charge in [-0.05, 0) is 33.6 Å². The Hall–Kier alpha value is -1.47. The number of carbonyl (C=O) groups is 2. The molecule has 110 valence electrons. The van der Waals surface area contributed by atoms with E-state index in [-0.39, 0.29) is 13.0 Å². The molecule has 0 spiro atoms. The Kier molecular flexibility index (Phi) is 3.75. The maximum absolute atomic E-state index is 13.2. The number of amides is 2. The zero-order chi connectivity index (χ0) is 15.1. The van der Waals surface area contributed by atoms with E-state index in [1.54, 1.807) is 0 Å². The molecule has 0 bridgehead atoms. The summed E-state index contributed by atoms with van der Waals surface area (Å²) in [6, 6.07) is 0. The summed E-state index contributed by atoms with van der Waals surface area (Å²) in [6.45, 7) is 4.37. The van der Waals surface area contributed by atoms with Crippen LogP contribution in [0.5, 0.6) is 0 Å². The van der Waals surface area contributed by atoms with Gasteiger partial charge in [-0.3, -0.25) is 9.69 Å². The molecule has 2 N–H and O–H groups in total. The van der Waals surface area contributed by atoms with Crippen LogP contribution in [0.1, 0.15) is 33.6 Å². The summed E-state index contributed by atoms with van der Waals surface area (Å²) in [4.78, 5) is 23.5. The van der Waals surface area contributed by atoms with Crippen molar-refractivity contribution in [2.24, 2.45) is 5.73 Å². The van der Waals surface area contributed by atoms with Gasteiger partial charge in [0.05, 0.1) is 0 Å². The van der Waals surface area contributed by atoms with Gasteiger partial charge < -0.3 is 10.5 Å². The first-order chi connectivity index (χ1) is 8.42. The number of carbonyl (C=O) groups excluding carboxylic acids is 2. The summed E-state index contributed by atoms with van der Waals surface area (Å²) >= 11 is 0. The average molecular weight is 282 g/mol. The number of likely N-dealkylation sites (tertiary alicyclic amines) is 1. The van der Waals surface area contributed by atoms with E-state index in [4.69, 9.17) is 10.5 Å². The summed E-state index contributed by atoms with van der Waals surface area (Å²) in [7, 11) is 0. The molecule has 1 atom stereocenters. The van der Waals surface area contributed by atoms with Crippen LogP contribution in [0.3, 0.4) is 0 Å². The minimum absolute atomic E-state index is 0.0433. The SMILES string of the molecule is CC(C)(C)OC(=O)N1CCCC1(C(N)=O)C(F)(F)F.